The number of hydrogen-bond acceptors (Lipinski definition) is 2. The third-order valence-electron chi connectivity index (χ3n) is 3.07. The summed E-state index contributed by atoms with van der Waals surface area (Å²) in [6.07, 6.45) is 1.57. The van der Waals surface area contributed by atoms with Crippen LogP contribution in [0.15, 0.2) is 54.7 Å². The fraction of sp³-hybridized carbons (Fsp3) is 0. The average Bonchev–Trinajstić information content (AvgIpc) is 2.48. The van der Waals surface area contributed by atoms with Gasteiger partial charge in [0.15, 0.2) is 5.78 Å². The van der Waals surface area contributed by atoms with E-state index >= 15 is 0 Å². The number of halogens is 2. The van der Waals surface area contributed by atoms with Gasteiger partial charge in [-0.05, 0) is 18.2 Å². The van der Waals surface area contributed by atoms with Gasteiger partial charge < -0.3 is 0 Å². The second-order valence-corrected chi connectivity index (χ2v) is 5.12. The van der Waals surface area contributed by atoms with Gasteiger partial charge >= 0.3 is 0 Å². The molecule has 0 atom stereocenters. The predicted molar refractivity (Wildman–Crippen MR) is 81.6 cm³/mol. The van der Waals surface area contributed by atoms with Crippen molar-refractivity contribution < 1.29 is 4.79 Å². The third-order valence-corrected chi connectivity index (χ3v) is 3.72. The van der Waals surface area contributed by atoms with E-state index in [2.05, 4.69) is 4.98 Å². The second-order valence-electron chi connectivity index (χ2n) is 4.31. The number of carbonyl (C=O) groups is 1. The minimum atomic E-state index is -0.157. The maximum Gasteiger partial charge on any atom is 0.196 e. The summed E-state index contributed by atoms with van der Waals surface area (Å²) in [5.41, 5.74) is 1.49. The molecule has 0 unspecified atom stereocenters. The number of hydrogen-bond donors (Lipinski definition) is 0. The molecule has 0 radical (unpaired) electrons. The Hall–Kier alpha value is -1.90. The normalized spacial score (nSPS) is 10.7. The van der Waals surface area contributed by atoms with Crippen molar-refractivity contribution in [2.45, 2.75) is 0 Å². The second kappa shape index (κ2) is 5.23. The molecule has 0 spiro atoms. The van der Waals surface area contributed by atoms with Crippen LogP contribution in [0, 0.1) is 0 Å². The molecule has 4 heteroatoms. The number of carbonyl (C=O) groups excluding carboxylic acids is 1. The summed E-state index contributed by atoms with van der Waals surface area (Å²) in [5, 5.41) is 1.65. The van der Waals surface area contributed by atoms with Gasteiger partial charge in [0, 0.05) is 17.1 Å². The molecule has 20 heavy (non-hydrogen) atoms. The first-order valence-electron chi connectivity index (χ1n) is 6.01. The molecular weight excluding hydrogens is 293 g/mol. The largest absolute Gasteiger partial charge is 0.288 e. The van der Waals surface area contributed by atoms with Crippen LogP contribution in [0.1, 0.15) is 15.9 Å². The van der Waals surface area contributed by atoms with Crippen molar-refractivity contribution >= 4 is 39.9 Å². The van der Waals surface area contributed by atoms with Gasteiger partial charge in [0.25, 0.3) is 0 Å². The predicted octanol–water partition coefficient (Wildman–Crippen LogP) is 4.77. The van der Waals surface area contributed by atoms with Crippen LogP contribution in [0.4, 0.5) is 0 Å². The lowest BCUT2D eigenvalue weighted by molar-refractivity contribution is 0.104. The highest BCUT2D eigenvalue weighted by molar-refractivity contribution is 6.39. The molecule has 0 saturated heterocycles. The lowest BCUT2D eigenvalue weighted by Crippen LogP contribution is -2.04. The Bertz CT molecular complexity index is 800. The Morgan fingerprint density at radius 3 is 2.40 bits per heavy atom. The molecule has 0 aliphatic heterocycles. The Balaban J connectivity index is 2.28. The minimum Gasteiger partial charge on any atom is -0.288 e. The van der Waals surface area contributed by atoms with E-state index in [1.807, 2.05) is 18.2 Å². The number of fused-ring (bicyclic) bond motifs is 1. The van der Waals surface area contributed by atoms with Crippen molar-refractivity contribution in [3.63, 3.8) is 0 Å². The van der Waals surface area contributed by atoms with Crippen LogP contribution in [-0.4, -0.2) is 10.8 Å². The van der Waals surface area contributed by atoms with Gasteiger partial charge in [0.05, 0.1) is 21.1 Å². The molecule has 1 heterocycles. The molecule has 0 bridgehead atoms. The van der Waals surface area contributed by atoms with Gasteiger partial charge in [-0.25, -0.2) is 0 Å². The van der Waals surface area contributed by atoms with E-state index in [1.165, 1.54) is 0 Å². The summed E-state index contributed by atoms with van der Waals surface area (Å²) in [7, 11) is 0. The molecule has 3 aromatic rings. The van der Waals surface area contributed by atoms with Crippen molar-refractivity contribution in [1.29, 1.82) is 0 Å². The Labute approximate surface area is 126 Å². The van der Waals surface area contributed by atoms with Gasteiger partial charge in [-0.3, -0.25) is 9.78 Å². The molecule has 3 rings (SSSR count). The molecule has 0 aliphatic rings. The topological polar surface area (TPSA) is 30.0 Å². The summed E-state index contributed by atoms with van der Waals surface area (Å²) in [4.78, 5) is 16.9. The fourth-order valence-electron chi connectivity index (χ4n) is 2.11. The van der Waals surface area contributed by atoms with E-state index in [0.29, 0.717) is 26.7 Å². The first-order valence-corrected chi connectivity index (χ1v) is 6.76. The highest BCUT2D eigenvalue weighted by Gasteiger charge is 2.18. The lowest BCUT2D eigenvalue weighted by Gasteiger charge is -2.08. The van der Waals surface area contributed by atoms with Crippen LogP contribution in [0.25, 0.3) is 10.9 Å². The molecule has 0 N–H and O–H groups in total. The number of nitrogens with zero attached hydrogens (tertiary/aromatic N) is 1. The smallest absolute Gasteiger partial charge is 0.196 e. The maximum absolute atomic E-state index is 12.6. The monoisotopic (exact) mass is 301 g/mol. The summed E-state index contributed by atoms with van der Waals surface area (Å²) in [6, 6.07) is 14.1. The van der Waals surface area contributed by atoms with Gasteiger partial charge in [-0.15, -0.1) is 0 Å². The first-order chi connectivity index (χ1) is 9.68. The van der Waals surface area contributed by atoms with Gasteiger partial charge in [-0.2, -0.15) is 0 Å². The summed E-state index contributed by atoms with van der Waals surface area (Å²) in [6.45, 7) is 0. The summed E-state index contributed by atoms with van der Waals surface area (Å²) < 4.78 is 0. The Kier molecular flexibility index (Phi) is 3.43. The van der Waals surface area contributed by atoms with Crippen LogP contribution >= 0.6 is 23.2 Å². The van der Waals surface area contributed by atoms with Crippen LogP contribution in [-0.2, 0) is 0 Å². The highest BCUT2D eigenvalue weighted by atomic mass is 35.5. The van der Waals surface area contributed by atoms with Crippen molar-refractivity contribution in [3.8, 4) is 0 Å². The van der Waals surface area contributed by atoms with Crippen LogP contribution in [0.5, 0.6) is 0 Å². The molecule has 2 nitrogen and oxygen atoms in total. The van der Waals surface area contributed by atoms with Crippen molar-refractivity contribution in [2.75, 3.05) is 0 Å². The van der Waals surface area contributed by atoms with Crippen molar-refractivity contribution in [1.82, 2.24) is 4.98 Å². The Morgan fingerprint density at radius 2 is 1.65 bits per heavy atom. The van der Waals surface area contributed by atoms with Gasteiger partial charge in [0.2, 0.25) is 0 Å². The van der Waals surface area contributed by atoms with E-state index in [1.54, 1.807) is 36.5 Å². The van der Waals surface area contributed by atoms with Crippen molar-refractivity contribution in [2.24, 2.45) is 0 Å². The lowest BCUT2D eigenvalue weighted by atomic mass is 10.0. The molecule has 1 aromatic heterocycles. The maximum atomic E-state index is 12.6. The SMILES string of the molecule is O=C(c1ccccc1)c1c(Cl)ccc2c(Cl)ccnc12. The first kappa shape index (κ1) is 13.1. The zero-order valence-corrected chi connectivity index (χ0v) is 11.8. The van der Waals surface area contributed by atoms with E-state index in [4.69, 9.17) is 23.2 Å². The third kappa shape index (κ3) is 2.17. The highest BCUT2D eigenvalue weighted by Crippen LogP contribution is 2.30. The summed E-state index contributed by atoms with van der Waals surface area (Å²) >= 11 is 12.3. The van der Waals surface area contributed by atoms with E-state index < -0.39 is 0 Å². The average molecular weight is 302 g/mol. The fourth-order valence-corrected chi connectivity index (χ4v) is 2.56. The zero-order valence-electron chi connectivity index (χ0n) is 10.3. The van der Waals surface area contributed by atoms with Gasteiger partial charge in [-0.1, -0.05) is 53.5 Å². The number of benzene rings is 2. The number of aromatic nitrogens is 1. The van der Waals surface area contributed by atoms with Crippen LogP contribution in [0.2, 0.25) is 10.0 Å². The molecule has 98 valence electrons. The molecule has 0 fully saturated rings. The quantitative estimate of drug-likeness (QED) is 0.638. The van der Waals surface area contributed by atoms with E-state index in [9.17, 15) is 4.79 Å². The molecule has 0 saturated carbocycles. The minimum absolute atomic E-state index is 0.157. The Morgan fingerprint density at radius 1 is 0.900 bits per heavy atom. The number of pyridine rings is 1. The number of ketones is 1. The standard InChI is InChI=1S/C16H9Cl2NO/c17-12-8-9-19-15-11(12)6-7-13(18)14(15)16(20)10-4-2-1-3-5-10/h1-9H. The van der Waals surface area contributed by atoms with E-state index in [0.717, 1.165) is 5.39 Å². The van der Waals surface area contributed by atoms with E-state index in [-0.39, 0.29) is 5.78 Å². The van der Waals surface area contributed by atoms with Crippen molar-refractivity contribution in [3.05, 3.63) is 75.9 Å². The van der Waals surface area contributed by atoms with Crippen LogP contribution in [0.3, 0.4) is 0 Å². The molecular formula is C16H9Cl2NO. The van der Waals surface area contributed by atoms with Gasteiger partial charge in [0.1, 0.15) is 0 Å². The van der Waals surface area contributed by atoms with Crippen LogP contribution < -0.4 is 0 Å². The zero-order chi connectivity index (χ0) is 14.1. The molecule has 0 aliphatic carbocycles. The number of rotatable bonds is 2. The molecule has 0 amide bonds. The summed E-state index contributed by atoms with van der Waals surface area (Å²) in [5.74, 6) is -0.157. The molecule has 2 aromatic carbocycles.